The largest absolute Gasteiger partial charge is 0.388 e. The van der Waals surface area contributed by atoms with Gasteiger partial charge >= 0.3 is 0 Å². The summed E-state index contributed by atoms with van der Waals surface area (Å²) >= 11 is 0. The third-order valence-electron chi connectivity index (χ3n) is 3.66. The SMILES string of the molecule is C=C(C)C(CS(=O)(=O)c1ccccc1)C(O)c1ccccc1. The fourth-order valence-corrected chi connectivity index (χ4v) is 4.05. The number of aliphatic hydroxyl groups excluding tert-OH is 1. The van der Waals surface area contributed by atoms with Crippen molar-refractivity contribution in [3.8, 4) is 0 Å². The minimum absolute atomic E-state index is 0.164. The molecular formula is C18H20O3S. The van der Waals surface area contributed by atoms with Crippen LogP contribution in [-0.2, 0) is 9.84 Å². The van der Waals surface area contributed by atoms with Crippen LogP contribution in [-0.4, -0.2) is 19.3 Å². The van der Waals surface area contributed by atoms with E-state index in [2.05, 4.69) is 6.58 Å². The summed E-state index contributed by atoms with van der Waals surface area (Å²) in [5.74, 6) is -0.713. The van der Waals surface area contributed by atoms with Crippen LogP contribution in [0.2, 0.25) is 0 Å². The van der Waals surface area contributed by atoms with Crippen LogP contribution in [0.3, 0.4) is 0 Å². The van der Waals surface area contributed by atoms with Crippen LogP contribution in [0.4, 0.5) is 0 Å². The number of hydrogen-bond donors (Lipinski definition) is 1. The van der Waals surface area contributed by atoms with Crippen molar-refractivity contribution in [3.05, 3.63) is 78.4 Å². The second kappa shape index (κ2) is 6.90. The maximum atomic E-state index is 12.5. The highest BCUT2D eigenvalue weighted by Crippen LogP contribution is 2.30. The fraction of sp³-hybridized carbons (Fsp3) is 0.222. The zero-order chi connectivity index (χ0) is 16.2. The van der Waals surface area contributed by atoms with Crippen LogP contribution in [0.1, 0.15) is 18.6 Å². The molecule has 0 spiro atoms. The molecule has 1 N–H and O–H groups in total. The Morgan fingerprint density at radius 3 is 2.05 bits per heavy atom. The van der Waals surface area contributed by atoms with Crippen LogP contribution in [0.15, 0.2) is 77.7 Å². The standard InChI is InChI=1S/C18H20O3S/c1-14(2)17(18(19)15-9-5-3-6-10-15)13-22(20,21)16-11-7-4-8-12-16/h3-12,17-19H,1,13H2,2H3. The van der Waals surface area contributed by atoms with Crippen molar-refractivity contribution >= 4 is 9.84 Å². The molecule has 4 heteroatoms. The Morgan fingerprint density at radius 2 is 1.55 bits per heavy atom. The van der Waals surface area contributed by atoms with Crippen LogP contribution in [0.25, 0.3) is 0 Å². The van der Waals surface area contributed by atoms with Gasteiger partial charge in [-0.15, -0.1) is 0 Å². The second-order valence-electron chi connectivity index (χ2n) is 5.40. The lowest BCUT2D eigenvalue weighted by Gasteiger charge is -2.23. The first-order valence-electron chi connectivity index (χ1n) is 7.08. The van der Waals surface area contributed by atoms with Crippen LogP contribution >= 0.6 is 0 Å². The lowest BCUT2D eigenvalue weighted by atomic mass is 9.92. The minimum atomic E-state index is -3.48. The van der Waals surface area contributed by atoms with Gasteiger partial charge in [-0.25, -0.2) is 8.42 Å². The Kier molecular flexibility index (Phi) is 5.16. The maximum Gasteiger partial charge on any atom is 0.179 e. The van der Waals surface area contributed by atoms with Crippen molar-refractivity contribution in [3.63, 3.8) is 0 Å². The van der Waals surface area contributed by atoms with Gasteiger partial charge < -0.3 is 5.11 Å². The summed E-state index contributed by atoms with van der Waals surface area (Å²) in [6.45, 7) is 5.60. The van der Waals surface area contributed by atoms with Crippen molar-refractivity contribution in [1.29, 1.82) is 0 Å². The smallest absolute Gasteiger partial charge is 0.179 e. The van der Waals surface area contributed by atoms with Gasteiger partial charge in [0.25, 0.3) is 0 Å². The summed E-state index contributed by atoms with van der Waals surface area (Å²) in [5, 5.41) is 10.5. The molecule has 0 aliphatic carbocycles. The van der Waals surface area contributed by atoms with E-state index in [9.17, 15) is 13.5 Å². The number of benzene rings is 2. The number of aliphatic hydroxyl groups is 1. The Labute approximate surface area is 131 Å². The van der Waals surface area contributed by atoms with E-state index in [0.29, 0.717) is 11.1 Å². The van der Waals surface area contributed by atoms with Gasteiger partial charge in [-0.2, -0.15) is 0 Å². The van der Waals surface area contributed by atoms with Crippen molar-refractivity contribution in [2.24, 2.45) is 5.92 Å². The normalized spacial score (nSPS) is 14.3. The molecule has 0 saturated carbocycles. The molecule has 2 rings (SSSR count). The lowest BCUT2D eigenvalue weighted by molar-refractivity contribution is 0.136. The van der Waals surface area contributed by atoms with E-state index in [-0.39, 0.29) is 10.6 Å². The van der Waals surface area contributed by atoms with Gasteiger partial charge in [0.05, 0.1) is 16.8 Å². The third kappa shape index (κ3) is 3.84. The van der Waals surface area contributed by atoms with E-state index in [1.807, 2.05) is 18.2 Å². The molecule has 22 heavy (non-hydrogen) atoms. The predicted molar refractivity (Wildman–Crippen MR) is 88.2 cm³/mol. The highest BCUT2D eigenvalue weighted by molar-refractivity contribution is 7.91. The van der Waals surface area contributed by atoms with Crippen LogP contribution in [0.5, 0.6) is 0 Å². The average Bonchev–Trinajstić information content (AvgIpc) is 2.53. The quantitative estimate of drug-likeness (QED) is 0.831. The molecule has 0 radical (unpaired) electrons. The molecule has 0 aromatic heterocycles. The summed E-state index contributed by atoms with van der Waals surface area (Å²) in [4.78, 5) is 0.265. The summed E-state index contributed by atoms with van der Waals surface area (Å²) in [6, 6.07) is 17.4. The highest BCUT2D eigenvalue weighted by atomic mass is 32.2. The highest BCUT2D eigenvalue weighted by Gasteiger charge is 2.28. The molecule has 2 aromatic carbocycles. The molecule has 0 fully saturated rings. The Balaban J connectivity index is 2.28. The topological polar surface area (TPSA) is 54.4 Å². The van der Waals surface area contributed by atoms with E-state index >= 15 is 0 Å². The van der Waals surface area contributed by atoms with E-state index in [1.54, 1.807) is 49.4 Å². The molecule has 0 heterocycles. The zero-order valence-corrected chi connectivity index (χ0v) is 13.3. The second-order valence-corrected chi connectivity index (χ2v) is 7.44. The Bertz CT molecular complexity index is 721. The van der Waals surface area contributed by atoms with E-state index in [1.165, 1.54) is 0 Å². The van der Waals surface area contributed by atoms with Gasteiger partial charge in [0, 0.05) is 5.92 Å². The first-order chi connectivity index (χ1) is 10.4. The predicted octanol–water partition coefficient (Wildman–Crippen LogP) is 3.39. The Morgan fingerprint density at radius 1 is 1.05 bits per heavy atom. The molecule has 0 amide bonds. The number of sulfone groups is 1. The first kappa shape index (κ1) is 16.5. The van der Waals surface area contributed by atoms with Crippen LogP contribution < -0.4 is 0 Å². The van der Waals surface area contributed by atoms with Gasteiger partial charge in [0.15, 0.2) is 9.84 Å². The number of rotatable bonds is 6. The molecule has 2 aromatic rings. The van der Waals surface area contributed by atoms with E-state index < -0.39 is 21.9 Å². The molecule has 116 valence electrons. The van der Waals surface area contributed by atoms with Crippen molar-refractivity contribution in [2.75, 3.05) is 5.75 Å². The number of hydrogen-bond acceptors (Lipinski definition) is 3. The van der Waals surface area contributed by atoms with Gasteiger partial charge in [0.2, 0.25) is 0 Å². The molecule has 0 saturated heterocycles. The summed E-state index contributed by atoms with van der Waals surface area (Å²) in [5.41, 5.74) is 1.34. The zero-order valence-electron chi connectivity index (χ0n) is 12.5. The molecule has 2 unspecified atom stereocenters. The van der Waals surface area contributed by atoms with Gasteiger partial charge in [-0.1, -0.05) is 60.7 Å². The first-order valence-corrected chi connectivity index (χ1v) is 8.73. The van der Waals surface area contributed by atoms with Gasteiger partial charge in [-0.3, -0.25) is 0 Å². The summed E-state index contributed by atoms with van der Waals surface area (Å²) in [6.07, 6.45) is -0.891. The van der Waals surface area contributed by atoms with Crippen molar-refractivity contribution in [2.45, 2.75) is 17.9 Å². The van der Waals surface area contributed by atoms with Gasteiger partial charge in [0.1, 0.15) is 0 Å². The van der Waals surface area contributed by atoms with E-state index in [0.717, 1.165) is 0 Å². The van der Waals surface area contributed by atoms with Gasteiger partial charge in [-0.05, 0) is 24.6 Å². The van der Waals surface area contributed by atoms with E-state index in [4.69, 9.17) is 0 Å². The summed E-state index contributed by atoms with van der Waals surface area (Å²) in [7, 11) is -3.48. The molecule has 3 nitrogen and oxygen atoms in total. The summed E-state index contributed by atoms with van der Waals surface area (Å²) < 4.78 is 25.1. The fourth-order valence-electron chi connectivity index (χ4n) is 2.35. The molecular weight excluding hydrogens is 296 g/mol. The van der Waals surface area contributed by atoms with Crippen molar-refractivity contribution < 1.29 is 13.5 Å². The molecule has 2 atom stereocenters. The molecule has 0 aliphatic rings. The molecule has 0 aliphatic heterocycles. The monoisotopic (exact) mass is 316 g/mol. The van der Waals surface area contributed by atoms with Crippen molar-refractivity contribution in [1.82, 2.24) is 0 Å². The minimum Gasteiger partial charge on any atom is -0.388 e. The average molecular weight is 316 g/mol. The third-order valence-corrected chi connectivity index (χ3v) is 5.44. The molecule has 0 bridgehead atoms. The Hall–Kier alpha value is -1.91. The maximum absolute atomic E-state index is 12.5. The van der Waals surface area contributed by atoms with Crippen LogP contribution in [0, 0.1) is 5.92 Å². The lowest BCUT2D eigenvalue weighted by Crippen LogP contribution is -2.23.